The van der Waals surface area contributed by atoms with Gasteiger partial charge >= 0.3 is 11.9 Å². The third-order valence-electron chi connectivity index (χ3n) is 3.98. The summed E-state index contributed by atoms with van der Waals surface area (Å²) in [6, 6.07) is 0. The molecule has 49 heavy (non-hydrogen) atoms. The molecule has 0 aliphatic rings. The van der Waals surface area contributed by atoms with Crippen LogP contribution >= 0.6 is 7.37 Å². The molecule has 0 rings (SSSR count). The Morgan fingerprint density at radius 2 is 1.18 bits per heavy atom. The molecular formula is C34H60NO12PS. The first-order valence-electron chi connectivity index (χ1n) is 14.0. The average Bonchev–Trinajstić information content (AvgIpc) is 2.95. The molecule has 0 saturated carbocycles. The van der Waals surface area contributed by atoms with Crippen LogP contribution in [0.3, 0.4) is 0 Å². The van der Waals surface area contributed by atoms with Crippen LogP contribution in [-0.2, 0) is 52.6 Å². The Balaban J connectivity index is -0.0000000889. The number of carbonyl (C=O) groups excluding carboxylic acids is 6. The fourth-order valence-electron chi connectivity index (χ4n) is 1.69. The van der Waals surface area contributed by atoms with Crippen LogP contribution in [0.15, 0.2) is 75.2 Å². The molecule has 0 saturated heterocycles. The Hall–Kier alpha value is -4.00. The number of hydrogen-bond acceptors (Lipinski definition) is 11. The number of hydrogen-bond donors (Lipinski definition) is 2. The molecule has 1 amide bonds. The number of rotatable bonds is 14. The molecule has 284 valence electrons. The number of sulfone groups is 1. The van der Waals surface area contributed by atoms with Crippen molar-refractivity contribution in [3.63, 3.8) is 0 Å². The molecule has 2 N–H and O–H groups in total. The lowest BCUT2D eigenvalue weighted by Gasteiger charge is -2.24. The molecule has 0 heterocycles. The zero-order chi connectivity index (χ0) is 39.7. The molecule has 15 heteroatoms. The summed E-state index contributed by atoms with van der Waals surface area (Å²) in [6.07, 6.45) is 6.90. The van der Waals surface area contributed by atoms with Crippen molar-refractivity contribution in [2.24, 2.45) is 0 Å². The van der Waals surface area contributed by atoms with Crippen LogP contribution < -0.4 is 5.32 Å². The van der Waals surface area contributed by atoms with E-state index in [1.807, 2.05) is 6.92 Å². The Morgan fingerprint density at radius 3 is 1.39 bits per heavy atom. The van der Waals surface area contributed by atoms with Crippen molar-refractivity contribution in [3.05, 3.63) is 75.2 Å². The number of ketones is 3. The molecule has 0 radical (unpaired) electrons. The Labute approximate surface area is 294 Å². The van der Waals surface area contributed by atoms with Gasteiger partial charge in [-0.05, 0) is 71.5 Å². The molecule has 0 aliphatic carbocycles. The Kier molecular flexibility index (Phi) is 43.5. The first-order chi connectivity index (χ1) is 21.6. The van der Waals surface area contributed by atoms with Crippen molar-refractivity contribution in [1.29, 1.82) is 0 Å². The molecule has 0 aromatic heterocycles. The molecule has 13 nitrogen and oxygen atoms in total. The Morgan fingerprint density at radius 1 is 0.837 bits per heavy atom. The van der Waals surface area contributed by atoms with Gasteiger partial charge in [0.1, 0.15) is 15.6 Å². The van der Waals surface area contributed by atoms with Gasteiger partial charge in [-0.2, -0.15) is 0 Å². The van der Waals surface area contributed by atoms with Gasteiger partial charge in [-0.15, -0.1) is 0 Å². The minimum absolute atomic E-state index is 0. The minimum Gasteiger partial charge on any atom is -0.463 e. The standard InChI is InChI=1S/C8H15NO3S.C7H10O3.C6H10O2.C5H8O.C4H6O.C3H7O2P.CH4/c1-5-7(10)9-8(2,3)6-13(4,11)12;1-3-7(9)10-5-4-6(2)8;1-3-5-8-6(7)4-2;1-4(2)5(3)6;1-3-4(2)5;1-3-6(2,4)5;/h5H,1,6H2,2-4H3,(H,9,10);3H,1,4-5H2,2H3;4H,2-3,5H2,1H3;1H2,2-3H3;3H,1H2,2H3;3H,1H2,2H3,(H,4,5);1H4. The molecule has 0 bridgehead atoms. The molecule has 0 aromatic carbocycles. The summed E-state index contributed by atoms with van der Waals surface area (Å²) in [5.41, 5.74) is -0.131. The van der Waals surface area contributed by atoms with E-state index >= 15 is 0 Å². The van der Waals surface area contributed by atoms with Crippen molar-refractivity contribution >= 4 is 52.4 Å². The van der Waals surface area contributed by atoms with E-state index in [9.17, 15) is 41.8 Å². The van der Waals surface area contributed by atoms with E-state index in [4.69, 9.17) is 4.89 Å². The van der Waals surface area contributed by atoms with Gasteiger partial charge in [0.15, 0.2) is 11.6 Å². The van der Waals surface area contributed by atoms with E-state index in [0.29, 0.717) is 12.2 Å². The van der Waals surface area contributed by atoms with Gasteiger partial charge in [-0.25, -0.2) is 18.0 Å². The summed E-state index contributed by atoms with van der Waals surface area (Å²) in [4.78, 5) is 69.8. The quantitative estimate of drug-likeness (QED) is 0.129. The molecule has 1 unspecified atom stereocenters. The topological polar surface area (TPSA) is 204 Å². The highest BCUT2D eigenvalue weighted by Crippen LogP contribution is 2.35. The zero-order valence-corrected chi connectivity index (χ0v) is 31.7. The van der Waals surface area contributed by atoms with Gasteiger partial charge in [-0.1, -0.05) is 53.8 Å². The van der Waals surface area contributed by atoms with Crippen molar-refractivity contribution in [3.8, 4) is 0 Å². The summed E-state index contributed by atoms with van der Waals surface area (Å²) in [6.45, 7) is 32.7. The van der Waals surface area contributed by atoms with Gasteiger partial charge in [0.25, 0.3) is 0 Å². The van der Waals surface area contributed by atoms with E-state index in [1.54, 1.807) is 20.8 Å². The van der Waals surface area contributed by atoms with Gasteiger partial charge < -0.3 is 19.7 Å². The summed E-state index contributed by atoms with van der Waals surface area (Å²) >= 11 is 0. The largest absolute Gasteiger partial charge is 0.463 e. The van der Waals surface area contributed by atoms with Crippen LogP contribution in [-0.4, -0.2) is 85.9 Å². The predicted octanol–water partition coefficient (Wildman–Crippen LogP) is 5.51. The number of amides is 1. The van der Waals surface area contributed by atoms with Crippen molar-refractivity contribution < 1.29 is 56.1 Å². The summed E-state index contributed by atoms with van der Waals surface area (Å²) in [5.74, 6) is -0.134. The second kappa shape index (κ2) is 35.3. The third kappa shape index (κ3) is 75.8. The van der Waals surface area contributed by atoms with E-state index < -0.39 is 28.7 Å². The molecular weight excluding hydrogens is 677 g/mol. The van der Waals surface area contributed by atoms with Crippen molar-refractivity contribution in [1.82, 2.24) is 5.32 Å². The Bertz CT molecular complexity index is 1230. The van der Waals surface area contributed by atoms with E-state index in [0.717, 1.165) is 36.7 Å². The van der Waals surface area contributed by atoms with Crippen molar-refractivity contribution in [2.75, 3.05) is 31.9 Å². The molecule has 0 aliphatic heterocycles. The molecule has 0 aromatic rings. The zero-order valence-electron chi connectivity index (χ0n) is 30.0. The summed E-state index contributed by atoms with van der Waals surface area (Å²) < 4.78 is 41.0. The van der Waals surface area contributed by atoms with Gasteiger partial charge in [0.2, 0.25) is 13.3 Å². The van der Waals surface area contributed by atoms with Gasteiger partial charge in [0, 0.05) is 37.0 Å². The number of esters is 2. The smallest absolute Gasteiger partial charge is 0.330 e. The van der Waals surface area contributed by atoms with E-state index in [-0.39, 0.29) is 55.4 Å². The number of ether oxygens (including phenoxy) is 2. The maximum absolute atomic E-state index is 10.9. The normalized spacial score (nSPS) is 10.2. The highest BCUT2D eigenvalue weighted by molar-refractivity contribution is 7.90. The van der Waals surface area contributed by atoms with Gasteiger partial charge in [0.05, 0.1) is 19.0 Å². The van der Waals surface area contributed by atoms with Crippen LogP contribution in [0.25, 0.3) is 0 Å². The minimum atomic E-state index is -3.08. The molecule has 0 spiro atoms. The lowest BCUT2D eigenvalue weighted by Crippen LogP contribution is -2.47. The average molecular weight is 738 g/mol. The van der Waals surface area contributed by atoms with Gasteiger partial charge in [-0.3, -0.25) is 23.7 Å². The van der Waals surface area contributed by atoms with Crippen LogP contribution in [0, 0.1) is 0 Å². The second-order valence-electron chi connectivity index (χ2n) is 10.1. The maximum atomic E-state index is 10.9. The van der Waals surface area contributed by atoms with E-state index in [1.165, 1.54) is 33.5 Å². The fourth-order valence-corrected chi connectivity index (χ4v) is 3.08. The number of allylic oxidation sites excluding steroid dienone is 2. The summed E-state index contributed by atoms with van der Waals surface area (Å²) in [5, 5.41) is 2.53. The third-order valence-corrected chi connectivity index (χ3v) is 5.90. The highest BCUT2D eigenvalue weighted by atomic mass is 32.2. The predicted molar refractivity (Wildman–Crippen MR) is 199 cm³/mol. The van der Waals surface area contributed by atoms with E-state index in [2.05, 4.69) is 54.3 Å². The second-order valence-corrected chi connectivity index (χ2v) is 14.5. The van der Waals surface area contributed by atoms with Crippen LogP contribution in [0.5, 0.6) is 0 Å². The van der Waals surface area contributed by atoms with Crippen LogP contribution in [0.4, 0.5) is 0 Å². The van der Waals surface area contributed by atoms with Crippen LogP contribution in [0.2, 0.25) is 0 Å². The SMILES string of the molecule is C.C=C(C)C(C)=O.C=CC(=O)NC(C)(C)CS(C)(=O)=O.C=CC(=O)OCCC.C=CC(=O)OCCC(C)=O.C=CC(C)=O.C=CP(C)(=O)O. The lowest BCUT2D eigenvalue weighted by molar-refractivity contribution is -0.139. The molecule has 0 fully saturated rings. The highest BCUT2D eigenvalue weighted by Gasteiger charge is 2.24. The monoisotopic (exact) mass is 737 g/mol. The maximum Gasteiger partial charge on any atom is 0.330 e. The number of nitrogens with one attached hydrogen (secondary N) is 1. The number of Topliss-reactive ketones (excluding diaryl/α,β-unsaturated/α-hetero) is 2. The van der Waals surface area contributed by atoms with Crippen molar-refractivity contribution in [2.45, 2.75) is 74.3 Å². The first-order valence-corrected chi connectivity index (χ1v) is 18.3. The summed E-state index contributed by atoms with van der Waals surface area (Å²) in [7, 11) is -5.97. The van der Waals surface area contributed by atoms with Crippen LogP contribution in [0.1, 0.15) is 68.7 Å². The molecule has 1 atom stereocenters. The lowest BCUT2D eigenvalue weighted by atomic mass is 10.1. The fraction of sp³-hybridized carbons (Fsp3) is 0.471. The number of carbonyl (C=O) groups is 6. The first kappa shape index (κ1) is 60.3.